The molecule has 0 radical (unpaired) electrons. The van der Waals surface area contributed by atoms with E-state index in [1.165, 1.54) is 18.2 Å². The van der Waals surface area contributed by atoms with Crippen LogP contribution in [0.4, 0.5) is 10.1 Å². The SMILES string of the molecule is Cc1cccc2c1N(C(=O)c1cccc(F)c1)CCC2=O. The number of aryl methyl sites for hydroxylation is 1. The smallest absolute Gasteiger partial charge is 0.258 e. The maximum Gasteiger partial charge on any atom is 0.258 e. The van der Waals surface area contributed by atoms with Crippen LogP contribution in [-0.4, -0.2) is 18.2 Å². The summed E-state index contributed by atoms with van der Waals surface area (Å²) < 4.78 is 13.3. The van der Waals surface area contributed by atoms with Crippen molar-refractivity contribution in [3.8, 4) is 0 Å². The molecule has 3 rings (SSSR count). The summed E-state index contributed by atoms with van der Waals surface area (Å²) in [5.41, 5.74) is 2.36. The van der Waals surface area contributed by atoms with Crippen LogP contribution in [0, 0.1) is 12.7 Å². The summed E-state index contributed by atoms with van der Waals surface area (Å²) in [4.78, 5) is 26.2. The highest BCUT2D eigenvalue weighted by molar-refractivity contribution is 6.13. The van der Waals surface area contributed by atoms with Crippen LogP contribution >= 0.6 is 0 Å². The quantitative estimate of drug-likeness (QED) is 0.804. The average molecular weight is 283 g/mol. The van der Waals surface area contributed by atoms with Gasteiger partial charge in [-0.3, -0.25) is 9.59 Å². The summed E-state index contributed by atoms with van der Waals surface area (Å²) in [7, 11) is 0. The number of nitrogens with zero attached hydrogens (tertiary/aromatic N) is 1. The molecule has 1 aliphatic rings. The second kappa shape index (κ2) is 5.13. The summed E-state index contributed by atoms with van der Waals surface area (Å²) in [6.07, 6.45) is 0.289. The summed E-state index contributed by atoms with van der Waals surface area (Å²) in [6.45, 7) is 2.19. The highest BCUT2D eigenvalue weighted by Gasteiger charge is 2.29. The maximum atomic E-state index is 13.3. The Morgan fingerprint density at radius 2 is 1.95 bits per heavy atom. The monoisotopic (exact) mass is 283 g/mol. The number of carbonyl (C=O) groups is 2. The Balaban J connectivity index is 2.07. The first-order chi connectivity index (χ1) is 10.1. The first kappa shape index (κ1) is 13.5. The highest BCUT2D eigenvalue weighted by Crippen LogP contribution is 2.31. The molecule has 0 saturated carbocycles. The molecule has 0 atom stereocenters. The van der Waals surface area contributed by atoms with Crippen LogP contribution in [0.5, 0.6) is 0 Å². The van der Waals surface area contributed by atoms with Crippen molar-refractivity contribution in [1.29, 1.82) is 0 Å². The van der Waals surface area contributed by atoms with Crippen molar-refractivity contribution in [1.82, 2.24) is 0 Å². The van der Waals surface area contributed by atoms with Gasteiger partial charge in [-0.15, -0.1) is 0 Å². The molecule has 0 spiro atoms. The van der Waals surface area contributed by atoms with E-state index in [4.69, 9.17) is 0 Å². The Labute approximate surface area is 122 Å². The van der Waals surface area contributed by atoms with E-state index in [0.717, 1.165) is 5.56 Å². The van der Waals surface area contributed by atoms with Gasteiger partial charge in [0.25, 0.3) is 5.91 Å². The number of amides is 1. The van der Waals surface area contributed by atoms with Gasteiger partial charge in [0, 0.05) is 24.1 Å². The maximum absolute atomic E-state index is 13.3. The average Bonchev–Trinajstić information content (AvgIpc) is 2.48. The van der Waals surface area contributed by atoms with E-state index in [2.05, 4.69) is 0 Å². The molecule has 21 heavy (non-hydrogen) atoms. The summed E-state index contributed by atoms with van der Waals surface area (Å²) >= 11 is 0. The van der Waals surface area contributed by atoms with Crippen LogP contribution < -0.4 is 4.90 Å². The fourth-order valence-electron chi connectivity index (χ4n) is 2.68. The van der Waals surface area contributed by atoms with Crippen LogP contribution in [-0.2, 0) is 0 Å². The number of fused-ring (bicyclic) bond motifs is 1. The van der Waals surface area contributed by atoms with Crippen molar-refractivity contribution < 1.29 is 14.0 Å². The van der Waals surface area contributed by atoms with E-state index >= 15 is 0 Å². The fraction of sp³-hybridized carbons (Fsp3) is 0.176. The first-order valence-corrected chi connectivity index (χ1v) is 6.78. The fourth-order valence-corrected chi connectivity index (χ4v) is 2.68. The topological polar surface area (TPSA) is 37.4 Å². The molecule has 0 fully saturated rings. The van der Waals surface area contributed by atoms with Gasteiger partial charge < -0.3 is 4.90 Å². The minimum absolute atomic E-state index is 0.0389. The van der Waals surface area contributed by atoms with Crippen molar-refractivity contribution in [3.63, 3.8) is 0 Å². The standard InChI is InChI=1S/C17H14FNO2/c1-11-4-2-7-14-15(20)8-9-19(16(11)14)17(21)12-5-3-6-13(18)10-12/h2-7,10H,8-9H2,1H3. The van der Waals surface area contributed by atoms with Crippen molar-refractivity contribution in [2.75, 3.05) is 11.4 Å². The Morgan fingerprint density at radius 3 is 2.71 bits per heavy atom. The molecule has 0 aromatic heterocycles. The third-order valence-corrected chi connectivity index (χ3v) is 3.69. The molecule has 0 saturated heterocycles. The Kier molecular flexibility index (Phi) is 3.29. The third-order valence-electron chi connectivity index (χ3n) is 3.69. The number of ketones is 1. The van der Waals surface area contributed by atoms with E-state index in [1.54, 1.807) is 17.0 Å². The van der Waals surface area contributed by atoms with E-state index < -0.39 is 5.82 Å². The largest absolute Gasteiger partial charge is 0.307 e. The molecule has 2 aromatic rings. The number of halogens is 1. The molecule has 0 unspecified atom stereocenters. The Hall–Kier alpha value is -2.49. The van der Waals surface area contributed by atoms with Crippen molar-refractivity contribution in [2.45, 2.75) is 13.3 Å². The molecule has 1 heterocycles. The van der Waals surface area contributed by atoms with Crippen LogP contribution in [0.3, 0.4) is 0 Å². The number of benzene rings is 2. The van der Waals surface area contributed by atoms with Crippen LogP contribution in [0.1, 0.15) is 32.7 Å². The molecule has 4 heteroatoms. The number of hydrogen-bond acceptors (Lipinski definition) is 2. The lowest BCUT2D eigenvalue weighted by Crippen LogP contribution is -2.38. The van der Waals surface area contributed by atoms with Gasteiger partial charge >= 0.3 is 0 Å². The Bertz CT molecular complexity index is 739. The zero-order valence-corrected chi connectivity index (χ0v) is 11.6. The number of anilines is 1. The van der Waals surface area contributed by atoms with Crippen LogP contribution in [0.25, 0.3) is 0 Å². The zero-order valence-electron chi connectivity index (χ0n) is 11.6. The lowest BCUT2D eigenvalue weighted by atomic mass is 9.96. The minimum atomic E-state index is -0.445. The third kappa shape index (κ3) is 2.33. The predicted molar refractivity (Wildman–Crippen MR) is 78.2 cm³/mol. The van der Waals surface area contributed by atoms with E-state index in [0.29, 0.717) is 23.4 Å². The number of carbonyl (C=O) groups excluding carboxylic acids is 2. The van der Waals surface area contributed by atoms with E-state index in [-0.39, 0.29) is 18.1 Å². The van der Waals surface area contributed by atoms with Gasteiger partial charge in [0.1, 0.15) is 5.82 Å². The van der Waals surface area contributed by atoms with Gasteiger partial charge in [0.2, 0.25) is 0 Å². The summed E-state index contributed by atoms with van der Waals surface area (Å²) in [5.74, 6) is -0.687. The zero-order chi connectivity index (χ0) is 15.0. The van der Waals surface area contributed by atoms with Gasteiger partial charge in [-0.1, -0.05) is 18.2 Å². The molecule has 0 N–H and O–H groups in total. The number of hydrogen-bond donors (Lipinski definition) is 0. The molecule has 1 aliphatic heterocycles. The molecule has 1 amide bonds. The van der Waals surface area contributed by atoms with E-state index in [9.17, 15) is 14.0 Å². The predicted octanol–water partition coefficient (Wildman–Crippen LogP) is 3.37. The minimum Gasteiger partial charge on any atom is -0.307 e. The second-order valence-electron chi connectivity index (χ2n) is 5.11. The van der Waals surface area contributed by atoms with Crippen LogP contribution in [0.2, 0.25) is 0 Å². The lowest BCUT2D eigenvalue weighted by molar-refractivity contribution is 0.0954. The molecule has 0 aliphatic carbocycles. The molecule has 2 aromatic carbocycles. The lowest BCUT2D eigenvalue weighted by Gasteiger charge is -2.30. The number of rotatable bonds is 1. The van der Waals surface area contributed by atoms with Gasteiger partial charge in [0.05, 0.1) is 5.69 Å². The van der Waals surface area contributed by atoms with Crippen molar-refractivity contribution in [2.24, 2.45) is 0 Å². The Morgan fingerprint density at radius 1 is 1.19 bits per heavy atom. The van der Waals surface area contributed by atoms with Crippen molar-refractivity contribution in [3.05, 3.63) is 65.0 Å². The van der Waals surface area contributed by atoms with Crippen molar-refractivity contribution >= 4 is 17.4 Å². The van der Waals surface area contributed by atoms with Gasteiger partial charge in [-0.2, -0.15) is 0 Å². The molecular weight excluding hydrogens is 269 g/mol. The summed E-state index contributed by atoms with van der Waals surface area (Å²) in [5, 5.41) is 0. The molecule has 0 bridgehead atoms. The normalized spacial score (nSPS) is 14.0. The molecule has 3 nitrogen and oxygen atoms in total. The first-order valence-electron chi connectivity index (χ1n) is 6.78. The van der Waals surface area contributed by atoms with E-state index in [1.807, 2.05) is 19.1 Å². The van der Waals surface area contributed by atoms with Gasteiger partial charge in [0.15, 0.2) is 5.78 Å². The highest BCUT2D eigenvalue weighted by atomic mass is 19.1. The van der Waals surface area contributed by atoms with Crippen LogP contribution in [0.15, 0.2) is 42.5 Å². The number of Topliss-reactive ketones (excluding diaryl/α,β-unsaturated/α-hetero) is 1. The van der Waals surface area contributed by atoms with Gasteiger partial charge in [-0.05, 0) is 36.8 Å². The molecule has 106 valence electrons. The molecular formula is C17H14FNO2. The van der Waals surface area contributed by atoms with Gasteiger partial charge in [-0.25, -0.2) is 4.39 Å². The summed E-state index contributed by atoms with van der Waals surface area (Å²) in [6, 6.07) is 11.0. The number of para-hydroxylation sites is 1. The second-order valence-corrected chi connectivity index (χ2v) is 5.11.